The van der Waals surface area contributed by atoms with Crippen LogP contribution >= 0.6 is 0 Å². The van der Waals surface area contributed by atoms with Crippen LogP contribution in [-0.2, 0) is 14.3 Å². The second-order valence-electron chi connectivity index (χ2n) is 5.07. The highest BCUT2D eigenvalue weighted by atomic mass is 16.5. The average Bonchev–Trinajstić information content (AvgIpc) is 2.21. The van der Waals surface area contributed by atoms with Gasteiger partial charge in [-0.25, -0.2) is 0 Å². The van der Waals surface area contributed by atoms with Crippen LogP contribution < -0.4 is 0 Å². The van der Waals surface area contributed by atoms with Crippen molar-refractivity contribution in [3.05, 3.63) is 0 Å². The Labute approximate surface area is 105 Å². The van der Waals surface area contributed by atoms with Gasteiger partial charge in [0.25, 0.3) is 0 Å². The van der Waals surface area contributed by atoms with Crippen LogP contribution in [-0.4, -0.2) is 17.9 Å². The van der Waals surface area contributed by atoms with Crippen molar-refractivity contribution in [3.63, 3.8) is 0 Å². The number of hydrogen-bond acceptors (Lipinski definition) is 3. The van der Waals surface area contributed by atoms with E-state index in [0.29, 0.717) is 18.6 Å². The van der Waals surface area contributed by atoms with E-state index in [4.69, 9.17) is 4.74 Å². The van der Waals surface area contributed by atoms with Crippen LogP contribution in [0.4, 0.5) is 0 Å². The van der Waals surface area contributed by atoms with E-state index in [1.165, 1.54) is 0 Å². The van der Waals surface area contributed by atoms with Crippen LogP contribution in [0.3, 0.4) is 0 Å². The van der Waals surface area contributed by atoms with Crippen LogP contribution in [0.25, 0.3) is 0 Å². The molecule has 0 aromatic heterocycles. The quantitative estimate of drug-likeness (QED) is 0.459. The van der Waals surface area contributed by atoms with Gasteiger partial charge in [-0.05, 0) is 26.7 Å². The van der Waals surface area contributed by atoms with E-state index < -0.39 is 0 Å². The van der Waals surface area contributed by atoms with Gasteiger partial charge >= 0.3 is 5.97 Å². The molecule has 3 heteroatoms. The van der Waals surface area contributed by atoms with Crippen molar-refractivity contribution in [3.8, 4) is 0 Å². The molecule has 0 aliphatic heterocycles. The topological polar surface area (TPSA) is 43.4 Å². The zero-order valence-electron chi connectivity index (χ0n) is 11.6. The molecule has 0 N–H and O–H groups in total. The number of rotatable bonds is 9. The molecule has 0 aromatic rings. The van der Waals surface area contributed by atoms with Crippen molar-refractivity contribution in [2.45, 2.75) is 72.3 Å². The fourth-order valence-electron chi connectivity index (χ4n) is 1.53. The molecule has 0 atom stereocenters. The van der Waals surface area contributed by atoms with E-state index in [9.17, 15) is 9.59 Å². The van der Waals surface area contributed by atoms with E-state index in [2.05, 4.69) is 0 Å². The molecule has 17 heavy (non-hydrogen) atoms. The number of Topliss-reactive ketones (excluding diaryl/α,β-unsaturated/α-hetero) is 1. The van der Waals surface area contributed by atoms with Gasteiger partial charge in [-0.2, -0.15) is 0 Å². The SMILES string of the molecule is CC(C)OC(=O)CCCCCCC(=O)C(C)C. The van der Waals surface area contributed by atoms with E-state index >= 15 is 0 Å². The fourth-order valence-corrected chi connectivity index (χ4v) is 1.53. The van der Waals surface area contributed by atoms with Crippen LogP contribution in [0, 0.1) is 5.92 Å². The number of carbonyl (C=O) groups excluding carboxylic acids is 2. The molecule has 0 bridgehead atoms. The molecule has 0 rings (SSSR count). The summed E-state index contributed by atoms with van der Waals surface area (Å²) < 4.78 is 5.03. The van der Waals surface area contributed by atoms with E-state index in [1.54, 1.807) is 0 Å². The highest BCUT2D eigenvalue weighted by Gasteiger charge is 2.07. The summed E-state index contributed by atoms with van der Waals surface area (Å²) in [5, 5.41) is 0. The van der Waals surface area contributed by atoms with Crippen LogP contribution in [0.15, 0.2) is 0 Å². The van der Waals surface area contributed by atoms with Crippen molar-refractivity contribution in [1.82, 2.24) is 0 Å². The van der Waals surface area contributed by atoms with E-state index in [-0.39, 0.29) is 18.0 Å². The Morgan fingerprint density at radius 3 is 1.88 bits per heavy atom. The Balaban J connectivity index is 3.35. The predicted octanol–water partition coefficient (Wildman–Crippen LogP) is 3.50. The van der Waals surface area contributed by atoms with Gasteiger partial charge in [0.1, 0.15) is 5.78 Å². The van der Waals surface area contributed by atoms with Crippen LogP contribution in [0.2, 0.25) is 0 Å². The zero-order valence-corrected chi connectivity index (χ0v) is 11.6. The first-order valence-electron chi connectivity index (χ1n) is 6.65. The van der Waals surface area contributed by atoms with Crippen molar-refractivity contribution in [1.29, 1.82) is 0 Å². The third kappa shape index (κ3) is 10.0. The summed E-state index contributed by atoms with van der Waals surface area (Å²) >= 11 is 0. The lowest BCUT2D eigenvalue weighted by molar-refractivity contribution is -0.147. The van der Waals surface area contributed by atoms with Gasteiger partial charge in [-0.3, -0.25) is 9.59 Å². The summed E-state index contributed by atoms with van der Waals surface area (Å²) in [5.74, 6) is 0.374. The summed E-state index contributed by atoms with van der Waals surface area (Å²) in [4.78, 5) is 22.5. The summed E-state index contributed by atoms with van der Waals surface area (Å²) in [5.41, 5.74) is 0. The number of unbranched alkanes of at least 4 members (excludes halogenated alkanes) is 3. The van der Waals surface area contributed by atoms with Crippen molar-refractivity contribution < 1.29 is 14.3 Å². The molecule has 0 saturated heterocycles. The summed E-state index contributed by atoms with van der Waals surface area (Å²) in [6, 6.07) is 0. The first-order valence-corrected chi connectivity index (χ1v) is 6.65. The monoisotopic (exact) mass is 242 g/mol. The number of esters is 1. The van der Waals surface area contributed by atoms with Gasteiger partial charge in [-0.1, -0.05) is 26.7 Å². The number of carbonyl (C=O) groups is 2. The lowest BCUT2D eigenvalue weighted by Gasteiger charge is -2.07. The molecule has 0 saturated carbocycles. The minimum absolute atomic E-state index is 0.0221. The maximum Gasteiger partial charge on any atom is 0.306 e. The Kier molecular flexibility index (Phi) is 8.73. The van der Waals surface area contributed by atoms with Crippen molar-refractivity contribution in [2.24, 2.45) is 5.92 Å². The molecule has 100 valence electrons. The third-order valence-corrected chi connectivity index (χ3v) is 2.57. The van der Waals surface area contributed by atoms with Gasteiger partial charge in [0, 0.05) is 18.8 Å². The molecule has 3 nitrogen and oxygen atoms in total. The largest absolute Gasteiger partial charge is 0.463 e. The molecule has 0 radical (unpaired) electrons. The Bertz CT molecular complexity index is 232. The van der Waals surface area contributed by atoms with Crippen LogP contribution in [0.5, 0.6) is 0 Å². The molecule has 0 amide bonds. The summed E-state index contributed by atoms with van der Waals surface area (Å²) in [6.45, 7) is 7.58. The van der Waals surface area contributed by atoms with Gasteiger partial charge in [0.2, 0.25) is 0 Å². The second-order valence-corrected chi connectivity index (χ2v) is 5.07. The standard InChI is InChI=1S/C14H26O3/c1-11(2)13(15)9-7-5-6-8-10-14(16)17-12(3)4/h11-12H,5-10H2,1-4H3. The lowest BCUT2D eigenvalue weighted by atomic mass is 10.0. The Morgan fingerprint density at radius 2 is 1.41 bits per heavy atom. The molecule has 0 unspecified atom stereocenters. The Hall–Kier alpha value is -0.860. The number of ether oxygens (including phenoxy) is 1. The van der Waals surface area contributed by atoms with Crippen molar-refractivity contribution in [2.75, 3.05) is 0 Å². The number of ketones is 1. The first-order chi connectivity index (χ1) is 7.93. The molecule has 0 heterocycles. The van der Waals surface area contributed by atoms with E-state index in [0.717, 1.165) is 25.7 Å². The predicted molar refractivity (Wildman–Crippen MR) is 68.8 cm³/mol. The molecule has 0 spiro atoms. The minimum Gasteiger partial charge on any atom is -0.463 e. The molecular formula is C14H26O3. The Morgan fingerprint density at radius 1 is 0.882 bits per heavy atom. The molecule has 0 aliphatic carbocycles. The van der Waals surface area contributed by atoms with E-state index in [1.807, 2.05) is 27.7 Å². The van der Waals surface area contributed by atoms with Gasteiger partial charge in [0.15, 0.2) is 0 Å². The summed E-state index contributed by atoms with van der Waals surface area (Å²) in [7, 11) is 0. The minimum atomic E-state index is -0.113. The lowest BCUT2D eigenvalue weighted by Crippen LogP contribution is -2.10. The molecular weight excluding hydrogens is 216 g/mol. The summed E-state index contributed by atoms with van der Waals surface area (Å²) in [6.07, 6.45) is 4.97. The second kappa shape index (κ2) is 9.20. The highest BCUT2D eigenvalue weighted by molar-refractivity contribution is 5.80. The third-order valence-electron chi connectivity index (χ3n) is 2.57. The number of hydrogen-bond donors (Lipinski definition) is 0. The maximum absolute atomic E-state index is 11.3. The van der Waals surface area contributed by atoms with Crippen LogP contribution in [0.1, 0.15) is 66.2 Å². The van der Waals surface area contributed by atoms with Crippen molar-refractivity contribution >= 4 is 11.8 Å². The average molecular weight is 242 g/mol. The highest BCUT2D eigenvalue weighted by Crippen LogP contribution is 2.09. The van der Waals surface area contributed by atoms with Gasteiger partial charge in [-0.15, -0.1) is 0 Å². The normalized spacial score (nSPS) is 10.9. The van der Waals surface area contributed by atoms with Gasteiger partial charge in [0.05, 0.1) is 6.10 Å². The molecule has 0 fully saturated rings. The molecule has 0 aliphatic rings. The first kappa shape index (κ1) is 16.1. The maximum atomic E-state index is 11.3. The van der Waals surface area contributed by atoms with Gasteiger partial charge < -0.3 is 4.74 Å². The molecule has 0 aromatic carbocycles. The zero-order chi connectivity index (χ0) is 13.3. The smallest absolute Gasteiger partial charge is 0.306 e. The fraction of sp³-hybridized carbons (Fsp3) is 0.857.